The highest BCUT2D eigenvalue weighted by Crippen LogP contribution is 2.25. The number of benzene rings is 1. The minimum Gasteiger partial charge on any atom is -0.481 e. The number of aryl methyl sites for hydroxylation is 2. The molecule has 0 unspecified atom stereocenters. The molecule has 19 heavy (non-hydrogen) atoms. The number of imidazole rings is 1. The normalized spacial score (nSPS) is 11.1. The van der Waals surface area contributed by atoms with E-state index in [1.807, 2.05) is 18.2 Å². The van der Waals surface area contributed by atoms with E-state index >= 15 is 0 Å². The Morgan fingerprint density at radius 2 is 2.21 bits per heavy atom. The molecule has 0 radical (unpaired) electrons. The second kappa shape index (κ2) is 6.06. The quantitative estimate of drug-likeness (QED) is 0.824. The molecule has 102 valence electrons. The van der Waals surface area contributed by atoms with Gasteiger partial charge in [0.15, 0.2) is 0 Å². The van der Waals surface area contributed by atoms with E-state index in [0.29, 0.717) is 11.4 Å². The van der Waals surface area contributed by atoms with Crippen molar-refractivity contribution in [2.75, 3.05) is 0 Å². The van der Waals surface area contributed by atoms with E-state index < -0.39 is 5.97 Å². The fourth-order valence-corrected chi connectivity index (χ4v) is 2.55. The molecular weight excluding hydrogens is 264 g/mol. The lowest BCUT2D eigenvalue weighted by Gasteiger charge is -2.06. The van der Waals surface area contributed by atoms with Crippen molar-refractivity contribution in [3.05, 3.63) is 29.0 Å². The average molecular weight is 281 g/mol. The predicted molar refractivity (Wildman–Crippen MR) is 75.6 cm³/mol. The van der Waals surface area contributed by atoms with Gasteiger partial charge in [-0.15, -0.1) is 0 Å². The topological polar surface area (TPSA) is 55.1 Å². The molecule has 0 aliphatic carbocycles. The van der Waals surface area contributed by atoms with Crippen LogP contribution in [0.4, 0.5) is 0 Å². The number of carboxylic acid groups (broad SMARTS) is 1. The van der Waals surface area contributed by atoms with Crippen LogP contribution < -0.4 is 0 Å². The molecule has 0 atom stereocenters. The summed E-state index contributed by atoms with van der Waals surface area (Å²) >= 11 is 6.22. The smallest absolute Gasteiger partial charge is 0.303 e. The van der Waals surface area contributed by atoms with Crippen LogP contribution in [0.25, 0.3) is 11.0 Å². The van der Waals surface area contributed by atoms with E-state index in [2.05, 4.69) is 16.5 Å². The number of nitrogens with zero attached hydrogens (tertiary/aromatic N) is 2. The van der Waals surface area contributed by atoms with Crippen LogP contribution in [0.5, 0.6) is 0 Å². The van der Waals surface area contributed by atoms with Gasteiger partial charge >= 0.3 is 5.97 Å². The van der Waals surface area contributed by atoms with Gasteiger partial charge in [0, 0.05) is 19.4 Å². The molecule has 0 spiro atoms. The number of fused-ring (bicyclic) bond motifs is 1. The molecule has 0 saturated heterocycles. The zero-order valence-corrected chi connectivity index (χ0v) is 11.7. The van der Waals surface area contributed by atoms with Gasteiger partial charge < -0.3 is 9.67 Å². The first-order valence-electron chi connectivity index (χ1n) is 6.49. The standard InChI is InChI=1S/C14H17ClN2O2/c1-2-17-12(8-3-4-9-13(18)19)16-11-7-5-6-10(15)14(11)17/h5-7H,2-4,8-9H2,1H3,(H,18,19). The van der Waals surface area contributed by atoms with E-state index in [1.54, 1.807) is 0 Å². The van der Waals surface area contributed by atoms with Gasteiger partial charge in [0.1, 0.15) is 5.82 Å². The summed E-state index contributed by atoms with van der Waals surface area (Å²) in [5.74, 6) is 0.239. The summed E-state index contributed by atoms with van der Waals surface area (Å²) in [6.07, 6.45) is 2.50. The number of unbranched alkanes of at least 4 members (excludes halogenated alkanes) is 1. The Hall–Kier alpha value is -1.55. The number of para-hydroxylation sites is 1. The first kappa shape index (κ1) is 13.9. The van der Waals surface area contributed by atoms with Crippen LogP contribution in [0, 0.1) is 0 Å². The fraction of sp³-hybridized carbons (Fsp3) is 0.429. The molecule has 4 nitrogen and oxygen atoms in total. The van der Waals surface area contributed by atoms with E-state index in [-0.39, 0.29) is 6.42 Å². The van der Waals surface area contributed by atoms with E-state index in [1.165, 1.54) is 0 Å². The molecule has 5 heteroatoms. The Labute approximate surface area is 117 Å². The highest BCUT2D eigenvalue weighted by molar-refractivity contribution is 6.35. The summed E-state index contributed by atoms with van der Waals surface area (Å²) in [5, 5.41) is 9.34. The highest BCUT2D eigenvalue weighted by Gasteiger charge is 2.11. The summed E-state index contributed by atoms with van der Waals surface area (Å²) in [7, 11) is 0. The predicted octanol–water partition coefficient (Wildman–Crippen LogP) is 3.51. The van der Waals surface area contributed by atoms with Gasteiger partial charge in [-0.25, -0.2) is 4.98 Å². The number of aromatic nitrogens is 2. The molecule has 0 amide bonds. The molecular formula is C14H17ClN2O2. The van der Waals surface area contributed by atoms with Crippen molar-refractivity contribution in [2.45, 2.75) is 39.2 Å². The number of carboxylic acids is 1. The lowest BCUT2D eigenvalue weighted by molar-refractivity contribution is -0.137. The van der Waals surface area contributed by atoms with Crippen LogP contribution in [0.15, 0.2) is 18.2 Å². The number of carbonyl (C=O) groups is 1. The maximum atomic E-state index is 10.5. The molecule has 1 aromatic carbocycles. The number of aliphatic carboxylic acids is 1. The lowest BCUT2D eigenvalue weighted by atomic mass is 10.2. The SMILES string of the molecule is CCn1c(CCCCC(=O)O)nc2cccc(Cl)c21. The van der Waals surface area contributed by atoms with Crippen LogP contribution in [-0.2, 0) is 17.8 Å². The minimum absolute atomic E-state index is 0.215. The van der Waals surface area contributed by atoms with Crippen molar-refractivity contribution in [1.82, 2.24) is 9.55 Å². The first-order valence-corrected chi connectivity index (χ1v) is 6.86. The van der Waals surface area contributed by atoms with Gasteiger partial charge in [-0.05, 0) is 31.9 Å². The molecule has 0 aliphatic heterocycles. The summed E-state index contributed by atoms with van der Waals surface area (Å²) in [4.78, 5) is 15.1. The largest absolute Gasteiger partial charge is 0.481 e. The third kappa shape index (κ3) is 3.07. The van der Waals surface area contributed by atoms with Gasteiger partial charge in [-0.2, -0.15) is 0 Å². The fourth-order valence-electron chi connectivity index (χ4n) is 2.28. The van der Waals surface area contributed by atoms with Crippen LogP contribution >= 0.6 is 11.6 Å². The second-order valence-corrected chi connectivity index (χ2v) is 4.89. The Morgan fingerprint density at radius 1 is 1.42 bits per heavy atom. The number of halogens is 1. The zero-order valence-electron chi connectivity index (χ0n) is 10.9. The summed E-state index contributed by atoms with van der Waals surface area (Å²) in [6, 6.07) is 5.71. The number of rotatable bonds is 6. The average Bonchev–Trinajstić information content (AvgIpc) is 2.73. The van der Waals surface area contributed by atoms with Gasteiger partial charge in [0.05, 0.1) is 16.1 Å². The Kier molecular flexibility index (Phi) is 4.43. The Bertz CT molecular complexity index is 592. The van der Waals surface area contributed by atoms with Gasteiger partial charge in [0.25, 0.3) is 0 Å². The second-order valence-electron chi connectivity index (χ2n) is 4.48. The van der Waals surface area contributed by atoms with Crippen molar-refractivity contribution in [3.8, 4) is 0 Å². The van der Waals surface area contributed by atoms with E-state index in [0.717, 1.165) is 36.2 Å². The highest BCUT2D eigenvalue weighted by atomic mass is 35.5. The van der Waals surface area contributed by atoms with Crippen molar-refractivity contribution in [3.63, 3.8) is 0 Å². The number of hydrogen-bond acceptors (Lipinski definition) is 2. The first-order chi connectivity index (χ1) is 9.13. The molecule has 0 aliphatic rings. The van der Waals surface area contributed by atoms with Crippen LogP contribution in [0.1, 0.15) is 32.0 Å². The molecule has 2 rings (SSSR count). The molecule has 1 heterocycles. The van der Waals surface area contributed by atoms with Crippen molar-refractivity contribution in [2.24, 2.45) is 0 Å². The van der Waals surface area contributed by atoms with Gasteiger partial charge in [-0.1, -0.05) is 17.7 Å². The number of hydrogen-bond donors (Lipinski definition) is 1. The van der Waals surface area contributed by atoms with Gasteiger partial charge in [-0.3, -0.25) is 4.79 Å². The van der Waals surface area contributed by atoms with E-state index in [9.17, 15) is 4.79 Å². The third-order valence-electron chi connectivity index (χ3n) is 3.15. The third-order valence-corrected chi connectivity index (χ3v) is 3.46. The molecule has 1 N–H and O–H groups in total. The van der Waals surface area contributed by atoms with E-state index in [4.69, 9.17) is 16.7 Å². The van der Waals surface area contributed by atoms with Crippen LogP contribution in [0.3, 0.4) is 0 Å². The molecule has 1 aromatic heterocycles. The van der Waals surface area contributed by atoms with Crippen molar-refractivity contribution < 1.29 is 9.90 Å². The van der Waals surface area contributed by atoms with Crippen molar-refractivity contribution >= 4 is 28.6 Å². The molecule has 2 aromatic rings. The molecule has 0 fully saturated rings. The lowest BCUT2D eigenvalue weighted by Crippen LogP contribution is -2.03. The Balaban J connectivity index is 2.18. The summed E-state index contributed by atoms with van der Waals surface area (Å²) < 4.78 is 2.11. The van der Waals surface area contributed by atoms with Crippen molar-refractivity contribution in [1.29, 1.82) is 0 Å². The maximum Gasteiger partial charge on any atom is 0.303 e. The molecule has 0 bridgehead atoms. The Morgan fingerprint density at radius 3 is 2.89 bits per heavy atom. The van der Waals surface area contributed by atoms with Crippen LogP contribution in [-0.4, -0.2) is 20.6 Å². The zero-order chi connectivity index (χ0) is 13.8. The minimum atomic E-state index is -0.743. The van der Waals surface area contributed by atoms with Gasteiger partial charge in [0.2, 0.25) is 0 Å². The maximum absolute atomic E-state index is 10.5. The summed E-state index contributed by atoms with van der Waals surface area (Å²) in [6.45, 7) is 2.87. The monoisotopic (exact) mass is 280 g/mol. The summed E-state index contributed by atoms with van der Waals surface area (Å²) in [5.41, 5.74) is 1.88. The molecule has 0 saturated carbocycles. The van der Waals surface area contributed by atoms with Crippen LogP contribution in [0.2, 0.25) is 5.02 Å².